The number of hydrogen-bond donors (Lipinski definition) is 2. The van der Waals surface area contributed by atoms with Crippen LogP contribution < -0.4 is 20.9 Å². The highest BCUT2D eigenvalue weighted by Gasteiger charge is 2.36. The minimum atomic E-state index is -2.79. The molecule has 2 aliphatic heterocycles. The largest absolute Gasteiger partial charge is 0.489 e. The molecule has 2 aromatic heterocycles. The molecule has 182 valence electrons. The summed E-state index contributed by atoms with van der Waals surface area (Å²) in [5.74, 6) is -0.623. The number of nitrogens with two attached hydrogens (primary N) is 1. The molecule has 6 rings (SSSR count). The van der Waals surface area contributed by atoms with Crippen LogP contribution in [0.2, 0.25) is 0 Å². The van der Waals surface area contributed by atoms with Crippen molar-refractivity contribution in [2.24, 2.45) is 12.7 Å². The van der Waals surface area contributed by atoms with Gasteiger partial charge in [-0.2, -0.15) is 15.5 Å². The standard InChI is InChI=1S/C25H22FN7O3/c1-32-24(18(10-29-32)13-2-3-15-16(6-13)20(9-28)30-31-25(15)34)22-17(8-27)23-21(7-19(22)26)36-12-14-11-35-5-4-33(14)23/h2-3,6-7,10,14H,4-5,9,11-12,28H2,1H3,(H,31,34)/t14-/m1/s1/i1D3. The molecule has 0 spiro atoms. The Morgan fingerprint density at radius 3 is 3.06 bits per heavy atom. The lowest BCUT2D eigenvalue weighted by atomic mass is 9.93. The number of aryl methyl sites for hydroxylation is 1. The van der Waals surface area contributed by atoms with E-state index in [2.05, 4.69) is 21.4 Å². The summed E-state index contributed by atoms with van der Waals surface area (Å²) >= 11 is 0. The Kier molecular flexibility index (Phi) is 4.45. The van der Waals surface area contributed by atoms with Crippen LogP contribution >= 0.6 is 0 Å². The van der Waals surface area contributed by atoms with Gasteiger partial charge in [-0.1, -0.05) is 6.07 Å². The zero-order valence-electron chi connectivity index (χ0n) is 21.9. The number of aromatic amines is 1. The number of H-pyrrole nitrogens is 1. The molecule has 1 atom stereocenters. The lowest BCUT2D eigenvalue weighted by Crippen LogP contribution is -2.51. The Bertz CT molecular complexity index is 1730. The van der Waals surface area contributed by atoms with Gasteiger partial charge >= 0.3 is 0 Å². The Hall–Kier alpha value is -4.27. The molecule has 36 heavy (non-hydrogen) atoms. The SMILES string of the molecule is [2H]C([2H])([2H])n1ncc(-c2ccc3c(=O)[nH]nc(CN)c3c2)c1-c1c(F)cc2c(c1C#N)N1CCOC[C@@H]1CO2. The monoisotopic (exact) mass is 490 g/mol. The molecule has 0 amide bonds. The first kappa shape index (κ1) is 19.0. The Labute approximate surface area is 208 Å². The van der Waals surface area contributed by atoms with E-state index < -0.39 is 18.4 Å². The van der Waals surface area contributed by atoms with E-state index in [-0.39, 0.29) is 47.3 Å². The maximum atomic E-state index is 15.9. The first-order valence-electron chi connectivity index (χ1n) is 12.8. The molecule has 0 saturated carbocycles. The molecular weight excluding hydrogens is 465 g/mol. The zero-order valence-corrected chi connectivity index (χ0v) is 18.9. The summed E-state index contributed by atoms with van der Waals surface area (Å²) in [6, 6.07) is 7.89. The predicted molar refractivity (Wildman–Crippen MR) is 130 cm³/mol. The van der Waals surface area contributed by atoms with Crippen LogP contribution in [0.1, 0.15) is 15.4 Å². The molecule has 0 bridgehead atoms. The third kappa shape index (κ3) is 3.26. The van der Waals surface area contributed by atoms with Crippen molar-refractivity contribution in [2.75, 3.05) is 31.3 Å². The maximum absolute atomic E-state index is 15.9. The first-order valence-corrected chi connectivity index (χ1v) is 11.3. The molecule has 2 aromatic carbocycles. The van der Waals surface area contributed by atoms with Gasteiger partial charge in [-0.15, -0.1) is 0 Å². The lowest BCUT2D eigenvalue weighted by molar-refractivity contribution is 0.0704. The lowest BCUT2D eigenvalue weighted by Gasteiger charge is -2.42. The fraction of sp³-hybridized carbons (Fsp3) is 0.280. The number of aromatic nitrogens is 4. The number of halogens is 1. The zero-order chi connectivity index (χ0) is 27.5. The second kappa shape index (κ2) is 8.44. The van der Waals surface area contributed by atoms with E-state index >= 15 is 4.39 Å². The summed E-state index contributed by atoms with van der Waals surface area (Å²) in [6.45, 7) is -1.23. The van der Waals surface area contributed by atoms with Gasteiger partial charge in [0, 0.05) is 41.2 Å². The molecule has 3 N–H and O–H groups in total. The highest BCUT2D eigenvalue weighted by Crippen LogP contribution is 2.46. The van der Waals surface area contributed by atoms with E-state index in [4.69, 9.17) is 19.3 Å². The Morgan fingerprint density at radius 2 is 2.25 bits per heavy atom. The number of fused-ring (bicyclic) bond motifs is 4. The highest BCUT2D eigenvalue weighted by molar-refractivity contribution is 5.93. The van der Waals surface area contributed by atoms with E-state index in [0.717, 1.165) is 4.68 Å². The molecule has 0 unspecified atom stereocenters. The normalized spacial score (nSPS) is 18.4. The smallest absolute Gasteiger partial charge is 0.272 e. The topological polar surface area (TPSA) is 135 Å². The average Bonchev–Trinajstić information content (AvgIpc) is 3.37. The van der Waals surface area contributed by atoms with Crippen molar-refractivity contribution in [2.45, 2.75) is 12.6 Å². The van der Waals surface area contributed by atoms with Crippen molar-refractivity contribution in [3.63, 3.8) is 0 Å². The van der Waals surface area contributed by atoms with Crippen LogP contribution in [0.25, 0.3) is 33.2 Å². The number of rotatable bonds is 3. The van der Waals surface area contributed by atoms with Crippen molar-refractivity contribution in [1.82, 2.24) is 20.0 Å². The van der Waals surface area contributed by atoms with Crippen molar-refractivity contribution in [1.29, 1.82) is 5.26 Å². The molecule has 1 fully saturated rings. The molecule has 11 heteroatoms. The van der Waals surface area contributed by atoms with Crippen molar-refractivity contribution in [3.05, 3.63) is 57.9 Å². The molecule has 10 nitrogen and oxygen atoms in total. The summed E-state index contributed by atoms with van der Waals surface area (Å²) in [7, 11) is 0. The van der Waals surface area contributed by atoms with Gasteiger partial charge in [0.05, 0.1) is 59.0 Å². The van der Waals surface area contributed by atoms with E-state index in [9.17, 15) is 10.1 Å². The number of anilines is 1. The van der Waals surface area contributed by atoms with Gasteiger partial charge in [0.1, 0.15) is 24.2 Å². The number of ether oxygens (including phenoxy) is 2. The minimum Gasteiger partial charge on any atom is -0.489 e. The van der Waals surface area contributed by atoms with Crippen molar-refractivity contribution in [3.8, 4) is 34.2 Å². The summed E-state index contributed by atoms with van der Waals surface area (Å²) in [6.07, 6.45) is 1.31. The summed E-state index contributed by atoms with van der Waals surface area (Å²) in [5, 5.41) is 21.6. The summed E-state index contributed by atoms with van der Waals surface area (Å²) in [5.41, 5.74) is 6.53. The third-order valence-electron chi connectivity index (χ3n) is 6.65. The number of benzene rings is 2. The predicted octanol–water partition coefficient (Wildman–Crippen LogP) is 2.06. The molecule has 4 heterocycles. The van der Waals surface area contributed by atoms with E-state index in [0.29, 0.717) is 47.5 Å². The number of hydrogen-bond acceptors (Lipinski definition) is 8. The molecule has 0 radical (unpaired) electrons. The van der Waals surface area contributed by atoms with Crippen LogP contribution in [-0.4, -0.2) is 52.4 Å². The van der Waals surface area contributed by atoms with Gasteiger partial charge in [0.15, 0.2) is 0 Å². The van der Waals surface area contributed by atoms with Crippen LogP contribution in [0.15, 0.2) is 35.3 Å². The number of nitrogens with zero attached hydrogens (tertiary/aromatic N) is 5. The molecule has 1 saturated heterocycles. The van der Waals surface area contributed by atoms with E-state index in [1.54, 1.807) is 18.2 Å². The Balaban J connectivity index is 1.65. The number of nitrogens with one attached hydrogen (secondary N) is 1. The van der Waals surface area contributed by atoms with Crippen LogP contribution in [0.3, 0.4) is 0 Å². The number of nitriles is 1. The second-order valence-electron chi connectivity index (χ2n) is 8.58. The molecule has 2 aliphatic rings. The fourth-order valence-corrected chi connectivity index (χ4v) is 4.97. The first-order chi connectivity index (χ1) is 18.7. The van der Waals surface area contributed by atoms with Gasteiger partial charge in [-0.05, 0) is 17.7 Å². The van der Waals surface area contributed by atoms with Gasteiger partial charge < -0.3 is 20.1 Å². The molecule has 0 aliphatic carbocycles. The maximum Gasteiger partial charge on any atom is 0.272 e. The molecular formula is C25H22FN7O3. The van der Waals surface area contributed by atoms with Gasteiger partial charge in [-0.25, -0.2) is 9.49 Å². The highest BCUT2D eigenvalue weighted by atomic mass is 19.1. The van der Waals surface area contributed by atoms with Crippen LogP contribution in [0.5, 0.6) is 5.75 Å². The molecule has 4 aromatic rings. The second-order valence-corrected chi connectivity index (χ2v) is 8.58. The minimum absolute atomic E-state index is 0.0386. The van der Waals surface area contributed by atoms with Crippen molar-refractivity contribution < 1.29 is 18.0 Å². The van der Waals surface area contributed by atoms with Gasteiger partial charge in [0.25, 0.3) is 5.56 Å². The quantitative estimate of drug-likeness (QED) is 0.446. The van der Waals surface area contributed by atoms with Crippen LogP contribution in [0, 0.1) is 17.1 Å². The van der Waals surface area contributed by atoms with Crippen LogP contribution in [0.4, 0.5) is 10.1 Å². The number of morpholine rings is 1. The van der Waals surface area contributed by atoms with E-state index in [1.165, 1.54) is 12.3 Å². The Morgan fingerprint density at radius 1 is 1.36 bits per heavy atom. The van der Waals surface area contributed by atoms with Crippen molar-refractivity contribution >= 4 is 16.5 Å². The average molecular weight is 491 g/mol. The van der Waals surface area contributed by atoms with E-state index in [1.807, 2.05) is 4.90 Å². The summed E-state index contributed by atoms with van der Waals surface area (Å²) in [4.78, 5) is 14.3. The van der Waals surface area contributed by atoms with Gasteiger partial charge in [0.2, 0.25) is 0 Å². The third-order valence-corrected chi connectivity index (χ3v) is 6.65. The summed E-state index contributed by atoms with van der Waals surface area (Å²) < 4.78 is 52.3. The van der Waals surface area contributed by atoms with Crippen LogP contribution in [-0.2, 0) is 18.3 Å². The fourth-order valence-electron chi connectivity index (χ4n) is 4.97. The van der Waals surface area contributed by atoms with Gasteiger partial charge in [-0.3, -0.25) is 9.48 Å².